The van der Waals surface area contributed by atoms with E-state index < -0.39 is 5.54 Å². The predicted molar refractivity (Wildman–Crippen MR) is 80.1 cm³/mol. The van der Waals surface area contributed by atoms with E-state index in [4.69, 9.17) is 5.73 Å². The zero-order chi connectivity index (χ0) is 13.6. The Labute approximate surface area is 118 Å². The zero-order valence-corrected chi connectivity index (χ0v) is 12.9. The van der Waals surface area contributed by atoms with Gasteiger partial charge in [0, 0.05) is 5.25 Å². The molecule has 1 amide bonds. The Morgan fingerprint density at radius 1 is 1.67 bits per heavy atom. The summed E-state index contributed by atoms with van der Waals surface area (Å²) in [6.45, 7) is 6.93. The lowest BCUT2D eigenvalue weighted by atomic mass is 9.95. The molecule has 0 fully saturated rings. The van der Waals surface area contributed by atoms with Gasteiger partial charge in [0.05, 0.1) is 9.75 Å². The van der Waals surface area contributed by atoms with Crippen LogP contribution < -0.4 is 11.1 Å². The standard InChI is InChI=1S/C13H22N2OS2/c1-4-7-15-13(3,12(14)16)9-10(2)18-11-6-5-8-17-11/h5-6,8,10,15H,4,7,9H2,1-3H3,(H2,14,16). The van der Waals surface area contributed by atoms with Gasteiger partial charge in [0.2, 0.25) is 5.91 Å². The molecule has 0 aliphatic rings. The van der Waals surface area contributed by atoms with E-state index in [9.17, 15) is 4.79 Å². The molecule has 0 aromatic carbocycles. The molecule has 0 spiro atoms. The van der Waals surface area contributed by atoms with Gasteiger partial charge in [-0.3, -0.25) is 4.79 Å². The molecule has 1 heterocycles. The van der Waals surface area contributed by atoms with Crippen molar-refractivity contribution in [2.24, 2.45) is 5.73 Å². The van der Waals surface area contributed by atoms with Crippen LogP contribution in [0.1, 0.15) is 33.6 Å². The van der Waals surface area contributed by atoms with Crippen molar-refractivity contribution in [2.45, 2.75) is 48.6 Å². The van der Waals surface area contributed by atoms with Crippen molar-refractivity contribution in [3.8, 4) is 0 Å². The van der Waals surface area contributed by atoms with Crippen molar-refractivity contribution in [2.75, 3.05) is 6.54 Å². The van der Waals surface area contributed by atoms with Crippen LogP contribution in [0, 0.1) is 0 Å². The van der Waals surface area contributed by atoms with E-state index in [2.05, 4.69) is 30.6 Å². The SMILES string of the molecule is CCCNC(C)(CC(C)Sc1cccs1)C(N)=O. The highest BCUT2D eigenvalue weighted by molar-refractivity contribution is 8.01. The summed E-state index contributed by atoms with van der Waals surface area (Å²) in [6, 6.07) is 4.15. The second-order valence-corrected chi connectivity index (χ2v) is 7.37. The number of nitrogens with two attached hydrogens (primary N) is 1. The molecule has 0 saturated heterocycles. The van der Waals surface area contributed by atoms with E-state index in [1.165, 1.54) is 4.21 Å². The summed E-state index contributed by atoms with van der Waals surface area (Å²) >= 11 is 3.53. The summed E-state index contributed by atoms with van der Waals surface area (Å²) in [5, 5.41) is 5.69. The van der Waals surface area contributed by atoms with Gasteiger partial charge in [-0.15, -0.1) is 23.1 Å². The van der Waals surface area contributed by atoms with Crippen LogP contribution in [-0.4, -0.2) is 23.2 Å². The molecule has 1 aromatic rings. The predicted octanol–water partition coefficient (Wildman–Crippen LogP) is 2.86. The maximum absolute atomic E-state index is 11.6. The minimum Gasteiger partial charge on any atom is -0.368 e. The van der Waals surface area contributed by atoms with Crippen LogP contribution in [0.15, 0.2) is 21.7 Å². The van der Waals surface area contributed by atoms with Gasteiger partial charge in [-0.1, -0.05) is 19.9 Å². The van der Waals surface area contributed by atoms with Gasteiger partial charge >= 0.3 is 0 Å². The third-order valence-corrected chi connectivity index (χ3v) is 4.99. The second kappa shape index (κ2) is 7.16. The fraction of sp³-hybridized carbons (Fsp3) is 0.615. The number of hydrogen-bond acceptors (Lipinski definition) is 4. The van der Waals surface area contributed by atoms with Gasteiger partial charge in [-0.05, 0) is 37.8 Å². The fourth-order valence-corrected chi connectivity index (χ4v) is 4.11. The molecule has 3 nitrogen and oxygen atoms in total. The molecule has 0 saturated carbocycles. The topological polar surface area (TPSA) is 55.1 Å². The van der Waals surface area contributed by atoms with Crippen molar-refractivity contribution in [3.05, 3.63) is 17.5 Å². The normalized spacial score (nSPS) is 16.2. The average molecular weight is 286 g/mol. The number of amides is 1. The molecule has 5 heteroatoms. The molecule has 0 aliphatic carbocycles. The minimum absolute atomic E-state index is 0.269. The van der Waals surface area contributed by atoms with Crippen molar-refractivity contribution < 1.29 is 4.79 Å². The van der Waals surface area contributed by atoms with Crippen molar-refractivity contribution in [3.63, 3.8) is 0 Å². The summed E-state index contributed by atoms with van der Waals surface area (Å²) < 4.78 is 1.28. The van der Waals surface area contributed by atoms with Gasteiger partial charge in [-0.2, -0.15) is 0 Å². The lowest BCUT2D eigenvalue weighted by molar-refractivity contribution is -0.124. The Morgan fingerprint density at radius 3 is 2.89 bits per heavy atom. The lowest BCUT2D eigenvalue weighted by Crippen LogP contribution is -2.54. The molecule has 3 N–H and O–H groups in total. The summed E-state index contributed by atoms with van der Waals surface area (Å²) in [4.78, 5) is 11.6. The number of nitrogens with one attached hydrogen (secondary N) is 1. The van der Waals surface area contributed by atoms with Crippen LogP contribution >= 0.6 is 23.1 Å². The number of rotatable bonds is 8. The van der Waals surface area contributed by atoms with Gasteiger partial charge in [0.15, 0.2) is 0 Å². The number of primary amides is 1. The Balaban J connectivity index is 2.57. The van der Waals surface area contributed by atoms with E-state index in [0.29, 0.717) is 5.25 Å². The highest BCUT2D eigenvalue weighted by Gasteiger charge is 2.32. The van der Waals surface area contributed by atoms with Crippen LogP contribution in [0.25, 0.3) is 0 Å². The number of carbonyl (C=O) groups excluding carboxylic acids is 1. The van der Waals surface area contributed by atoms with E-state index >= 15 is 0 Å². The summed E-state index contributed by atoms with van der Waals surface area (Å²) in [7, 11) is 0. The van der Waals surface area contributed by atoms with E-state index in [1.54, 1.807) is 23.1 Å². The van der Waals surface area contributed by atoms with E-state index in [-0.39, 0.29) is 5.91 Å². The molecular formula is C13H22N2OS2. The molecule has 2 unspecified atom stereocenters. The first-order valence-electron chi connectivity index (χ1n) is 6.23. The van der Waals surface area contributed by atoms with Crippen molar-refractivity contribution >= 4 is 29.0 Å². The first-order chi connectivity index (χ1) is 8.48. The number of thiophene rings is 1. The Kier molecular flexibility index (Phi) is 6.18. The van der Waals surface area contributed by atoms with Gasteiger partial charge < -0.3 is 11.1 Å². The van der Waals surface area contributed by atoms with Crippen LogP contribution in [0.4, 0.5) is 0 Å². The van der Waals surface area contributed by atoms with Crippen LogP contribution in [-0.2, 0) is 4.79 Å². The molecular weight excluding hydrogens is 264 g/mol. The second-order valence-electron chi connectivity index (χ2n) is 4.69. The highest BCUT2D eigenvalue weighted by Crippen LogP contribution is 2.31. The molecule has 0 aliphatic heterocycles. The maximum Gasteiger partial charge on any atom is 0.237 e. The van der Waals surface area contributed by atoms with Gasteiger partial charge in [-0.25, -0.2) is 0 Å². The molecule has 0 radical (unpaired) electrons. The highest BCUT2D eigenvalue weighted by atomic mass is 32.2. The Morgan fingerprint density at radius 2 is 2.39 bits per heavy atom. The van der Waals surface area contributed by atoms with E-state index in [1.807, 2.05) is 13.0 Å². The quantitative estimate of drug-likeness (QED) is 0.723. The molecule has 18 heavy (non-hydrogen) atoms. The van der Waals surface area contributed by atoms with Crippen LogP contribution in [0.2, 0.25) is 0 Å². The molecule has 2 atom stereocenters. The molecule has 1 rings (SSSR count). The lowest BCUT2D eigenvalue weighted by Gasteiger charge is -2.30. The summed E-state index contributed by atoms with van der Waals surface area (Å²) in [6.07, 6.45) is 1.74. The Bertz CT molecular complexity index is 367. The third-order valence-electron chi connectivity index (χ3n) is 2.82. The molecule has 1 aromatic heterocycles. The monoisotopic (exact) mass is 286 g/mol. The molecule has 102 valence electrons. The number of carbonyl (C=O) groups is 1. The zero-order valence-electron chi connectivity index (χ0n) is 11.2. The first kappa shape index (κ1) is 15.5. The van der Waals surface area contributed by atoms with Gasteiger partial charge in [0.1, 0.15) is 0 Å². The van der Waals surface area contributed by atoms with Crippen molar-refractivity contribution in [1.29, 1.82) is 0 Å². The fourth-order valence-electron chi connectivity index (χ4n) is 1.81. The largest absolute Gasteiger partial charge is 0.368 e. The molecule has 0 bridgehead atoms. The summed E-state index contributed by atoms with van der Waals surface area (Å²) in [5.74, 6) is -0.269. The number of thioether (sulfide) groups is 1. The Hall–Kier alpha value is -0.520. The van der Waals surface area contributed by atoms with E-state index in [0.717, 1.165) is 19.4 Å². The third kappa shape index (κ3) is 4.63. The average Bonchev–Trinajstić information content (AvgIpc) is 2.78. The minimum atomic E-state index is -0.611. The number of hydrogen-bond donors (Lipinski definition) is 2. The van der Waals surface area contributed by atoms with Gasteiger partial charge in [0.25, 0.3) is 0 Å². The van der Waals surface area contributed by atoms with Crippen LogP contribution in [0.3, 0.4) is 0 Å². The summed E-state index contributed by atoms with van der Waals surface area (Å²) in [5.41, 5.74) is 4.91. The smallest absolute Gasteiger partial charge is 0.237 e. The maximum atomic E-state index is 11.6. The van der Waals surface area contributed by atoms with Crippen molar-refractivity contribution in [1.82, 2.24) is 5.32 Å². The van der Waals surface area contributed by atoms with Crippen LogP contribution in [0.5, 0.6) is 0 Å². The first-order valence-corrected chi connectivity index (χ1v) is 7.99.